The molecule has 1 heterocycles. The monoisotopic (exact) mass is 283 g/mol. The van der Waals surface area contributed by atoms with Crippen molar-refractivity contribution in [2.45, 2.75) is 64.0 Å². The zero-order valence-corrected chi connectivity index (χ0v) is 12.2. The Labute approximate surface area is 120 Å². The van der Waals surface area contributed by atoms with Gasteiger partial charge in [-0.1, -0.05) is 19.8 Å². The first-order valence-corrected chi connectivity index (χ1v) is 7.76. The first-order chi connectivity index (χ1) is 9.65. The highest BCUT2D eigenvalue weighted by molar-refractivity contribution is 5.85. The van der Waals surface area contributed by atoms with Crippen LogP contribution in [0, 0.1) is 5.92 Å². The molecule has 0 radical (unpaired) electrons. The van der Waals surface area contributed by atoms with Crippen molar-refractivity contribution >= 4 is 11.9 Å². The van der Waals surface area contributed by atoms with Crippen molar-refractivity contribution in [3.05, 3.63) is 0 Å². The molecule has 0 bridgehead atoms. The molecular formula is C15H25NO4. The number of carboxylic acid groups (broad SMARTS) is 1. The molecule has 0 aromatic carbocycles. The highest BCUT2D eigenvalue weighted by Gasteiger charge is 2.43. The first kappa shape index (κ1) is 15.3. The van der Waals surface area contributed by atoms with E-state index in [4.69, 9.17) is 4.74 Å². The Kier molecular flexibility index (Phi) is 5.40. The van der Waals surface area contributed by atoms with Crippen LogP contribution < -0.4 is 0 Å². The fourth-order valence-corrected chi connectivity index (χ4v) is 3.61. The standard InChI is InChI=1S/C15H25NO4/c1-2-9-20-10-14(17)16-12-6-4-3-5-11(12)7-8-13(16)15(18)19/h11-13H,2-10H2,1H3,(H,18,19). The molecule has 1 N–H and O–H groups in total. The topological polar surface area (TPSA) is 66.8 Å². The molecule has 1 amide bonds. The molecule has 5 heteroatoms. The molecule has 3 unspecified atom stereocenters. The van der Waals surface area contributed by atoms with Gasteiger partial charge in [-0.25, -0.2) is 4.79 Å². The van der Waals surface area contributed by atoms with Crippen molar-refractivity contribution in [1.82, 2.24) is 4.90 Å². The van der Waals surface area contributed by atoms with E-state index in [0.29, 0.717) is 18.9 Å². The summed E-state index contributed by atoms with van der Waals surface area (Å²) in [5, 5.41) is 9.38. The van der Waals surface area contributed by atoms with Crippen LogP contribution in [0.2, 0.25) is 0 Å². The molecule has 1 saturated carbocycles. The molecule has 5 nitrogen and oxygen atoms in total. The van der Waals surface area contributed by atoms with Gasteiger partial charge in [0.25, 0.3) is 0 Å². The minimum Gasteiger partial charge on any atom is -0.480 e. The summed E-state index contributed by atoms with van der Waals surface area (Å²) in [6.07, 6.45) is 6.73. The van der Waals surface area contributed by atoms with Gasteiger partial charge in [-0.2, -0.15) is 0 Å². The summed E-state index contributed by atoms with van der Waals surface area (Å²) in [6, 6.07) is -0.552. The van der Waals surface area contributed by atoms with Gasteiger partial charge in [0, 0.05) is 12.6 Å². The average molecular weight is 283 g/mol. The van der Waals surface area contributed by atoms with Crippen LogP contribution in [-0.2, 0) is 14.3 Å². The number of carbonyl (C=O) groups excluding carboxylic acids is 1. The second-order valence-corrected chi connectivity index (χ2v) is 5.90. The summed E-state index contributed by atoms with van der Waals surface area (Å²) in [4.78, 5) is 25.4. The summed E-state index contributed by atoms with van der Waals surface area (Å²) in [5.74, 6) is -0.546. The van der Waals surface area contributed by atoms with Gasteiger partial charge in [0.05, 0.1) is 0 Å². The van der Waals surface area contributed by atoms with Crippen LogP contribution in [0.4, 0.5) is 0 Å². The second-order valence-electron chi connectivity index (χ2n) is 5.90. The van der Waals surface area contributed by atoms with Crippen LogP contribution in [0.5, 0.6) is 0 Å². The van der Waals surface area contributed by atoms with E-state index in [-0.39, 0.29) is 18.6 Å². The fraction of sp³-hybridized carbons (Fsp3) is 0.867. The molecule has 0 aromatic rings. The predicted molar refractivity (Wildman–Crippen MR) is 74.4 cm³/mol. The number of carboxylic acids is 1. The van der Waals surface area contributed by atoms with E-state index >= 15 is 0 Å². The smallest absolute Gasteiger partial charge is 0.326 e. The number of nitrogens with zero attached hydrogens (tertiary/aromatic N) is 1. The molecule has 114 valence electrons. The van der Waals surface area contributed by atoms with Gasteiger partial charge in [0.15, 0.2) is 0 Å². The lowest BCUT2D eigenvalue weighted by Gasteiger charge is -2.47. The summed E-state index contributed by atoms with van der Waals surface area (Å²) in [6.45, 7) is 2.55. The summed E-state index contributed by atoms with van der Waals surface area (Å²) >= 11 is 0. The van der Waals surface area contributed by atoms with Crippen molar-refractivity contribution in [2.75, 3.05) is 13.2 Å². The van der Waals surface area contributed by atoms with Gasteiger partial charge < -0.3 is 14.7 Å². The zero-order valence-electron chi connectivity index (χ0n) is 12.2. The van der Waals surface area contributed by atoms with Crippen molar-refractivity contribution < 1.29 is 19.4 Å². The maximum absolute atomic E-state index is 12.4. The fourth-order valence-electron chi connectivity index (χ4n) is 3.61. The molecule has 20 heavy (non-hydrogen) atoms. The van der Waals surface area contributed by atoms with E-state index in [2.05, 4.69) is 0 Å². The Morgan fingerprint density at radius 2 is 1.95 bits per heavy atom. The highest BCUT2D eigenvalue weighted by atomic mass is 16.5. The molecule has 1 aliphatic carbocycles. The quantitative estimate of drug-likeness (QED) is 0.784. The van der Waals surface area contributed by atoms with Gasteiger partial charge in [-0.05, 0) is 38.0 Å². The predicted octanol–water partition coefficient (Wildman–Crippen LogP) is 2.05. The second kappa shape index (κ2) is 7.07. The van der Waals surface area contributed by atoms with Gasteiger partial charge in [0.1, 0.15) is 12.6 Å². The Morgan fingerprint density at radius 3 is 2.65 bits per heavy atom. The third-order valence-electron chi connectivity index (χ3n) is 4.52. The van der Waals surface area contributed by atoms with Crippen molar-refractivity contribution in [1.29, 1.82) is 0 Å². The number of aliphatic carboxylic acids is 1. The minimum atomic E-state index is -0.877. The third kappa shape index (κ3) is 3.32. The molecule has 0 aromatic heterocycles. The molecule has 2 aliphatic rings. The van der Waals surface area contributed by atoms with Crippen LogP contribution in [0.15, 0.2) is 0 Å². The van der Waals surface area contributed by atoms with E-state index in [1.807, 2.05) is 6.92 Å². The zero-order chi connectivity index (χ0) is 14.5. The van der Waals surface area contributed by atoms with Crippen LogP contribution in [-0.4, -0.2) is 47.2 Å². The van der Waals surface area contributed by atoms with E-state index in [9.17, 15) is 14.7 Å². The van der Waals surface area contributed by atoms with Crippen molar-refractivity contribution in [3.8, 4) is 0 Å². The number of piperidine rings is 1. The lowest BCUT2D eigenvalue weighted by Crippen LogP contribution is -2.58. The Balaban J connectivity index is 2.08. The SMILES string of the molecule is CCCOCC(=O)N1C(C(=O)O)CCC2CCCCC21. The normalized spacial score (nSPS) is 29.9. The average Bonchev–Trinajstić information content (AvgIpc) is 2.46. The van der Waals surface area contributed by atoms with Crippen molar-refractivity contribution in [2.24, 2.45) is 5.92 Å². The Morgan fingerprint density at radius 1 is 1.20 bits per heavy atom. The molecule has 1 aliphatic heterocycles. The lowest BCUT2D eigenvalue weighted by molar-refractivity contribution is -0.160. The number of hydrogen-bond donors (Lipinski definition) is 1. The lowest BCUT2D eigenvalue weighted by atomic mass is 9.76. The summed E-state index contributed by atoms with van der Waals surface area (Å²) < 4.78 is 5.32. The highest BCUT2D eigenvalue weighted by Crippen LogP contribution is 2.38. The van der Waals surface area contributed by atoms with Crippen LogP contribution in [0.25, 0.3) is 0 Å². The van der Waals surface area contributed by atoms with Gasteiger partial charge in [-0.15, -0.1) is 0 Å². The maximum Gasteiger partial charge on any atom is 0.326 e. The Bertz CT molecular complexity index is 358. The van der Waals surface area contributed by atoms with Crippen LogP contribution in [0.3, 0.4) is 0 Å². The number of carbonyl (C=O) groups is 2. The Hall–Kier alpha value is -1.10. The van der Waals surface area contributed by atoms with Gasteiger partial charge in [0.2, 0.25) is 5.91 Å². The molecular weight excluding hydrogens is 258 g/mol. The van der Waals surface area contributed by atoms with E-state index < -0.39 is 12.0 Å². The molecule has 1 saturated heterocycles. The van der Waals surface area contributed by atoms with E-state index in [0.717, 1.165) is 32.1 Å². The number of likely N-dealkylation sites (tertiary alicyclic amines) is 1. The first-order valence-electron chi connectivity index (χ1n) is 7.76. The largest absolute Gasteiger partial charge is 0.480 e. The van der Waals surface area contributed by atoms with Crippen LogP contribution in [0.1, 0.15) is 51.9 Å². The number of fused-ring (bicyclic) bond motifs is 1. The van der Waals surface area contributed by atoms with Gasteiger partial charge >= 0.3 is 5.97 Å². The number of amides is 1. The van der Waals surface area contributed by atoms with Crippen molar-refractivity contribution in [3.63, 3.8) is 0 Å². The summed E-state index contributed by atoms with van der Waals surface area (Å²) in [5.41, 5.74) is 0. The van der Waals surface area contributed by atoms with Crippen LogP contribution >= 0.6 is 0 Å². The molecule has 3 atom stereocenters. The van der Waals surface area contributed by atoms with E-state index in [1.165, 1.54) is 6.42 Å². The number of hydrogen-bond acceptors (Lipinski definition) is 3. The summed E-state index contributed by atoms with van der Waals surface area (Å²) in [7, 11) is 0. The number of rotatable bonds is 5. The number of ether oxygens (including phenoxy) is 1. The maximum atomic E-state index is 12.4. The molecule has 2 fully saturated rings. The molecule has 0 spiro atoms. The molecule has 2 rings (SSSR count). The van der Waals surface area contributed by atoms with Gasteiger partial charge in [-0.3, -0.25) is 4.79 Å². The third-order valence-corrected chi connectivity index (χ3v) is 4.52. The minimum absolute atomic E-state index is 0.0147. The van der Waals surface area contributed by atoms with E-state index in [1.54, 1.807) is 4.90 Å².